The van der Waals surface area contributed by atoms with Crippen molar-refractivity contribution in [1.29, 1.82) is 0 Å². The fourth-order valence-corrected chi connectivity index (χ4v) is 2.29. The van der Waals surface area contributed by atoms with Gasteiger partial charge in [-0.25, -0.2) is 4.79 Å². The Labute approximate surface area is 126 Å². The standard InChI is InChI=1S/C17H24O4/c1-5-15(14(11-12(2)3)17(19)20-4)21-16(18)13-9-7-6-8-10-13/h6-10,12,14-15H,5,11H2,1-4H3. The van der Waals surface area contributed by atoms with E-state index in [1.54, 1.807) is 24.3 Å². The molecule has 0 bridgehead atoms. The molecule has 1 aromatic rings. The first-order valence-corrected chi connectivity index (χ1v) is 7.33. The molecule has 0 aliphatic rings. The fraction of sp³-hybridized carbons (Fsp3) is 0.529. The molecule has 21 heavy (non-hydrogen) atoms. The van der Waals surface area contributed by atoms with E-state index in [4.69, 9.17) is 9.47 Å². The first-order chi connectivity index (χ1) is 9.99. The maximum atomic E-state index is 12.1. The Kier molecular flexibility index (Phi) is 6.92. The van der Waals surface area contributed by atoms with Gasteiger partial charge in [-0.1, -0.05) is 39.0 Å². The molecule has 0 heterocycles. The second kappa shape index (κ2) is 8.45. The largest absolute Gasteiger partial charge is 0.469 e. The third kappa shape index (κ3) is 5.21. The van der Waals surface area contributed by atoms with Crippen LogP contribution < -0.4 is 0 Å². The monoisotopic (exact) mass is 292 g/mol. The number of hydrogen-bond donors (Lipinski definition) is 0. The zero-order valence-corrected chi connectivity index (χ0v) is 13.2. The van der Waals surface area contributed by atoms with E-state index in [1.807, 2.05) is 26.8 Å². The van der Waals surface area contributed by atoms with Crippen LogP contribution in [-0.4, -0.2) is 25.2 Å². The summed E-state index contributed by atoms with van der Waals surface area (Å²) in [4.78, 5) is 24.1. The Bertz CT molecular complexity index is 453. The molecule has 116 valence electrons. The molecule has 0 aliphatic carbocycles. The van der Waals surface area contributed by atoms with Gasteiger partial charge < -0.3 is 9.47 Å². The number of hydrogen-bond acceptors (Lipinski definition) is 4. The van der Waals surface area contributed by atoms with Gasteiger partial charge in [-0.05, 0) is 30.9 Å². The van der Waals surface area contributed by atoms with Crippen molar-refractivity contribution in [3.05, 3.63) is 35.9 Å². The van der Waals surface area contributed by atoms with Crippen LogP contribution in [0.3, 0.4) is 0 Å². The SMILES string of the molecule is CCC(OC(=O)c1ccccc1)C(CC(C)C)C(=O)OC. The van der Waals surface area contributed by atoms with Crippen LogP contribution in [0.25, 0.3) is 0 Å². The summed E-state index contributed by atoms with van der Waals surface area (Å²) in [5, 5.41) is 0. The van der Waals surface area contributed by atoms with Gasteiger partial charge in [-0.15, -0.1) is 0 Å². The minimum absolute atomic E-state index is 0.318. The van der Waals surface area contributed by atoms with Gasteiger partial charge in [0.2, 0.25) is 0 Å². The fourth-order valence-electron chi connectivity index (χ4n) is 2.29. The third-order valence-electron chi connectivity index (χ3n) is 3.35. The normalized spacial score (nSPS) is 13.6. The van der Waals surface area contributed by atoms with E-state index in [2.05, 4.69) is 0 Å². The van der Waals surface area contributed by atoms with Crippen LogP contribution in [0.2, 0.25) is 0 Å². The van der Waals surface area contributed by atoms with Gasteiger partial charge in [-0.3, -0.25) is 4.79 Å². The lowest BCUT2D eigenvalue weighted by molar-refractivity contribution is -0.150. The summed E-state index contributed by atoms with van der Waals surface area (Å²) in [5.41, 5.74) is 0.490. The lowest BCUT2D eigenvalue weighted by Gasteiger charge is -2.25. The van der Waals surface area contributed by atoms with Crippen molar-refractivity contribution in [3.63, 3.8) is 0 Å². The summed E-state index contributed by atoms with van der Waals surface area (Å²) < 4.78 is 10.4. The smallest absolute Gasteiger partial charge is 0.338 e. The molecule has 2 unspecified atom stereocenters. The van der Waals surface area contributed by atoms with E-state index in [0.717, 1.165) is 0 Å². The number of carbonyl (C=O) groups excluding carboxylic acids is 2. The molecule has 0 radical (unpaired) electrons. The number of ether oxygens (including phenoxy) is 2. The number of rotatable bonds is 7. The topological polar surface area (TPSA) is 52.6 Å². The number of methoxy groups -OCH3 is 1. The summed E-state index contributed by atoms with van der Waals surface area (Å²) in [6, 6.07) is 8.80. The molecule has 4 heteroatoms. The first kappa shape index (κ1) is 17.2. The Morgan fingerprint density at radius 1 is 1.14 bits per heavy atom. The highest BCUT2D eigenvalue weighted by molar-refractivity contribution is 5.89. The van der Waals surface area contributed by atoms with E-state index in [-0.39, 0.29) is 5.97 Å². The molecule has 4 nitrogen and oxygen atoms in total. The van der Waals surface area contributed by atoms with Crippen LogP contribution in [0, 0.1) is 11.8 Å². The van der Waals surface area contributed by atoms with Crippen LogP contribution in [0.1, 0.15) is 44.0 Å². The average Bonchev–Trinajstić information content (AvgIpc) is 2.50. The van der Waals surface area contributed by atoms with Gasteiger partial charge in [0.15, 0.2) is 0 Å². The van der Waals surface area contributed by atoms with E-state index in [0.29, 0.717) is 24.3 Å². The summed E-state index contributed by atoms with van der Waals surface area (Å²) >= 11 is 0. The predicted octanol–water partition coefficient (Wildman–Crippen LogP) is 3.46. The molecular weight excluding hydrogens is 268 g/mol. The Hall–Kier alpha value is -1.84. The highest BCUT2D eigenvalue weighted by atomic mass is 16.6. The molecule has 0 saturated heterocycles. The van der Waals surface area contributed by atoms with Crippen LogP contribution in [0.5, 0.6) is 0 Å². The maximum Gasteiger partial charge on any atom is 0.338 e. The van der Waals surface area contributed by atoms with E-state index in [9.17, 15) is 9.59 Å². The third-order valence-corrected chi connectivity index (χ3v) is 3.35. The summed E-state index contributed by atoms with van der Waals surface area (Å²) in [5.74, 6) is -0.831. The van der Waals surface area contributed by atoms with Crippen molar-refractivity contribution < 1.29 is 19.1 Å². The van der Waals surface area contributed by atoms with Gasteiger partial charge >= 0.3 is 11.9 Å². The van der Waals surface area contributed by atoms with Crippen LogP contribution >= 0.6 is 0 Å². The van der Waals surface area contributed by atoms with Crippen molar-refractivity contribution in [1.82, 2.24) is 0 Å². The average molecular weight is 292 g/mol. The van der Waals surface area contributed by atoms with Gasteiger partial charge in [0.25, 0.3) is 0 Å². The van der Waals surface area contributed by atoms with Crippen LogP contribution in [0.15, 0.2) is 30.3 Å². The molecule has 1 rings (SSSR count). The molecule has 2 atom stereocenters. The molecular formula is C17H24O4. The molecule has 0 amide bonds. The Morgan fingerprint density at radius 2 is 1.76 bits per heavy atom. The van der Waals surface area contributed by atoms with Crippen molar-refractivity contribution in [3.8, 4) is 0 Å². The minimum Gasteiger partial charge on any atom is -0.469 e. The molecule has 0 saturated carbocycles. The molecule has 1 aromatic carbocycles. The minimum atomic E-state index is -0.465. The van der Waals surface area contributed by atoms with Gasteiger partial charge in [-0.2, -0.15) is 0 Å². The summed E-state index contributed by atoms with van der Waals surface area (Å²) in [6.07, 6.45) is 0.741. The van der Waals surface area contributed by atoms with Crippen LogP contribution in [-0.2, 0) is 14.3 Å². The van der Waals surface area contributed by atoms with E-state index in [1.165, 1.54) is 7.11 Å². The zero-order chi connectivity index (χ0) is 15.8. The van der Waals surface area contributed by atoms with Gasteiger partial charge in [0, 0.05) is 0 Å². The quantitative estimate of drug-likeness (QED) is 0.722. The lowest BCUT2D eigenvalue weighted by Crippen LogP contribution is -2.34. The molecule has 0 aromatic heterocycles. The Balaban J connectivity index is 2.83. The second-order valence-corrected chi connectivity index (χ2v) is 5.48. The molecule has 0 N–H and O–H groups in total. The number of benzene rings is 1. The van der Waals surface area contributed by atoms with Crippen molar-refractivity contribution in [2.45, 2.75) is 39.7 Å². The number of carbonyl (C=O) groups is 2. The van der Waals surface area contributed by atoms with Crippen LogP contribution in [0.4, 0.5) is 0 Å². The van der Waals surface area contributed by atoms with Gasteiger partial charge in [0.05, 0.1) is 18.6 Å². The molecule has 0 spiro atoms. The highest BCUT2D eigenvalue weighted by Gasteiger charge is 2.31. The van der Waals surface area contributed by atoms with Gasteiger partial charge in [0.1, 0.15) is 6.10 Å². The summed E-state index contributed by atoms with van der Waals surface area (Å²) in [6.45, 7) is 5.96. The van der Waals surface area contributed by atoms with Crippen molar-refractivity contribution >= 4 is 11.9 Å². The first-order valence-electron chi connectivity index (χ1n) is 7.33. The second-order valence-electron chi connectivity index (χ2n) is 5.48. The maximum absolute atomic E-state index is 12.1. The molecule has 0 fully saturated rings. The summed E-state index contributed by atoms with van der Waals surface area (Å²) in [7, 11) is 1.36. The van der Waals surface area contributed by atoms with Crippen molar-refractivity contribution in [2.75, 3.05) is 7.11 Å². The van der Waals surface area contributed by atoms with E-state index < -0.39 is 18.0 Å². The van der Waals surface area contributed by atoms with Crippen molar-refractivity contribution in [2.24, 2.45) is 11.8 Å². The highest BCUT2D eigenvalue weighted by Crippen LogP contribution is 2.23. The Morgan fingerprint density at radius 3 is 2.24 bits per heavy atom. The van der Waals surface area contributed by atoms with E-state index >= 15 is 0 Å². The number of esters is 2. The zero-order valence-electron chi connectivity index (χ0n) is 13.2. The lowest BCUT2D eigenvalue weighted by atomic mass is 9.90. The predicted molar refractivity (Wildman–Crippen MR) is 80.9 cm³/mol. The molecule has 0 aliphatic heterocycles.